The summed E-state index contributed by atoms with van der Waals surface area (Å²) in [6, 6.07) is 4.01. The highest BCUT2D eigenvalue weighted by molar-refractivity contribution is 5.78. The van der Waals surface area contributed by atoms with E-state index in [1.165, 1.54) is 5.70 Å². The second-order valence-corrected chi connectivity index (χ2v) is 7.88. The molecule has 0 bridgehead atoms. The predicted octanol–water partition coefficient (Wildman–Crippen LogP) is 1.45. The summed E-state index contributed by atoms with van der Waals surface area (Å²) in [6.07, 6.45) is 6.53. The van der Waals surface area contributed by atoms with Crippen LogP contribution in [0.3, 0.4) is 0 Å². The number of fused-ring (bicyclic) bond motifs is 1. The predicted molar refractivity (Wildman–Crippen MR) is 110 cm³/mol. The topological polar surface area (TPSA) is 58.9 Å². The average molecular weight is 383 g/mol. The van der Waals surface area contributed by atoms with Gasteiger partial charge in [-0.25, -0.2) is 4.98 Å². The Bertz CT molecular complexity index is 752. The second-order valence-electron chi connectivity index (χ2n) is 7.88. The first-order valence-electron chi connectivity index (χ1n) is 10.4. The molecule has 0 radical (unpaired) electrons. The molecular weight excluding hydrogens is 352 g/mol. The third kappa shape index (κ3) is 4.00. The van der Waals surface area contributed by atoms with Crippen molar-refractivity contribution < 1.29 is 4.74 Å². The minimum absolute atomic E-state index is 0.186. The molecule has 1 aromatic rings. The van der Waals surface area contributed by atoms with Crippen molar-refractivity contribution in [2.45, 2.75) is 26.1 Å². The van der Waals surface area contributed by atoms with Crippen molar-refractivity contribution >= 4 is 11.5 Å². The summed E-state index contributed by atoms with van der Waals surface area (Å²) in [4.78, 5) is 13.6. The zero-order valence-corrected chi connectivity index (χ0v) is 16.9. The number of rotatable bonds is 4. The number of aromatic nitrogens is 1. The molecule has 4 heterocycles. The van der Waals surface area contributed by atoms with Crippen LogP contribution in [-0.2, 0) is 4.74 Å². The van der Waals surface area contributed by atoms with Crippen LogP contribution in [0.2, 0.25) is 0 Å². The van der Waals surface area contributed by atoms with Gasteiger partial charge in [-0.15, -0.1) is 0 Å². The molecule has 0 unspecified atom stereocenters. The number of nitriles is 1. The molecule has 0 saturated carbocycles. The Balaban J connectivity index is 1.45. The van der Waals surface area contributed by atoms with Crippen LogP contribution in [0.15, 0.2) is 24.4 Å². The Morgan fingerprint density at radius 2 is 2.00 bits per heavy atom. The van der Waals surface area contributed by atoms with Gasteiger partial charge in [-0.2, -0.15) is 5.26 Å². The molecule has 4 rings (SSSR count). The molecule has 0 spiro atoms. The number of anilines is 1. The standard InChI is InChI=1S/C21H30N6O/c1-3-24-9-11-25(12-10-24)14-18-15-27(13-17(2)28-18)20-6-8-26(16-22)21-19(20)5-4-7-23-21/h4-7,17-18H,3,8-15H2,1-2H3/t17-,18+/m1/s1. The fraction of sp³-hybridized carbons (Fsp3) is 0.619. The summed E-state index contributed by atoms with van der Waals surface area (Å²) in [6.45, 7) is 13.4. The second kappa shape index (κ2) is 8.48. The van der Waals surface area contributed by atoms with Crippen LogP contribution in [-0.4, -0.2) is 90.8 Å². The van der Waals surface area contributed by atoms with Crippen LogP contribution in [0, 0.1) is 11.5 Å². The zero-order chi connectivity index (χ0) is 19.5. The smallest absolute Gasteiger partial charge is 0.185 e. The normalized spacial score (nSPS) is 26.5. The highest BCUT2D eigenvalue weighted by Gasteiger charge is 2.31. The van der Waals surface area contributed by atoms with Gasteiger partial charge in [0.15, 0.2) is 12.0 Å². The molecule has 0 aliphatic carbocycles. The molecule has 2 saturated heterocycles. The maximum absolute atomic E-state index is 9.40. The molecule has 28 heavy (non-hydrogen) atoms. The van der Waals surface area contributed by atoms with E-state index in [-0.39, 0.29) is 12.2 Å². The van der Waals surface area contributed by atoms with E-state index >= 15 is 0 Å². The lowest BCUT2D eigenvalue weighted by molar-refractivity contribution is -0.0758. The number of pyridine rings is 1. The number of hydrogen-bond acceptors (Lipinski definition) is 7. The number of likely N-dealkylation sites (N-methyl/N-ethyl adjacent to an activating group) is 1. The fourth-order valence-electron chi connectivity index (χ4n) is 4.49. The van der Waals surface area contributed by atoms with Gasteiger partial charge in [-0.3, -0.25) is 9.80 Å². The van der Waals surface area contributed by atoms with Crippen molar-refractivity contribution in [2.24, 2.45) is 0 Å². The highest BCUT2D eigenvalue weighted by atomic mass is 16.5. The van der Waals surface area contributed by atoms with Gasteiger partial charge >= 0.3 is 0 Å². The minimum atomic E-state index is 0.186. The van der Waals surface area contributed by atoms with Crippen molar-refractivity contribution in [3.8, 4) is 6.19 Å². The summed E-state index contributed by atoms with van der Waals surface area (Å²) in [5.74, 6) is 0.758. The van der Waals surface area contributed by atoms with E-state index in [9.17, 15) is 5.26 Å². The van der Waals surface area contributed by atoms with E-state index in [0.717, 1.165) is 63.7 Å². The third-order valence-corrected chi connectivity index (χ3v) is 5.95. The Morgan fingerprint density at radius 3 is 2.75 bits per heavy atom. The van der Waals surface area contributed by atoms with E-state index < -0.39 is 0 Å². The van der Waals surface area contributed by atoms with E-state index in [1.54, 1.807) is 11.1 Å². The van der Waals surface area contributed by atoms with E-state index in [1.807, 2.05) is 6.07 Å². The first-order chi connectivity index (χ1) is 13.7. The van der Waals surface area contributed by atoms with Crippen LogP contribution in [0.5, 0.6) is 0 Å². The molecule has 0 amide bonds. The number of hydrogen-bond donors (Lipinski definition) is 0. The van der Waals surface area contributed by atoms with Crippen molar-refractivity contribution in [2.75, 3.05) is 63.8 Å². The van der Waals surface area contributed by atoms with Crippen molar-refractivity contribution in [3.63, 3.8) is 0 Å². The minimum Gasteiger partial charge on any atom is -0.370 e. The van der Waals surface area contributed by atoms with E-state index in [0.29, 0.717) is 6.54 Å². The van der Waals surface area contributed by atoms with Gasteiger partial charge in [0.2, 0.25) is 0 Å². The van der Waals surface area contributed by atoms with Crippen LogP contribution in [0.25, 0.3) is 5.70 Å². The quantitative estimate of drug-likeness (QED) is 0.731. The highest BCUT2D eigenvalue weighted by Crippen LogP contribution is 2.33. The number of piperazine rings is 1. The molecule has 7 nitrogen and oxygen atoms in total. The lowest BCUT2D eigenvalue weighted by atomic mass is 10.1. The van der Waals surface area contributed by atoms with Crippen LogP contribution >= 0.6 is 0 Å². The molecule has 0 aromatic carbocycles. The van der Waals surface area contributed by atoms with Crippen molar-refractivity contribution in [1.29, 1.82) is 5.26 Å². The Morgan fingerprint density at radius 1 is 1.21 bits per heavy atom. The van der Waals surface area contributed by atoms with Crippen molar-refractivity contribution in [3.05, 3.63) is 30.0 Å². The van der Waals surface area contributed by atoms with E-state index in [2.05, 4.69) is 51.9 Å². The maximum Gasteiger partial charge on any atom is 0.185 e. The van der Waals surface area contributed by atoms with Gasteiger partial charge in [0, 0.05) is 63.3 Å². The van der Waals surface area contributed by atoms with Crippen LogP contribution in [0.4, 0.5) is 5.82 Å². The van der Waals surface area contributed by atoms with Gasteiger partial charge in [0.05, 0.1) is 18.8 Å². The summed E-state index contributed by atoms with van der Waals surface area (Å²) in [5.41, 5.74) is 2.23. The Kier molecular flexibility index (Phi) is 5.81. The monoisotopic (exact) mass is 382 g/mol. The molecule has 3 aliphatic rings. The molecule has 2 fully saturated rings. The molecule has 150 valence electrons. The summed E-state index contributed by atoms with van der Waals surface area (Å²) < 4.78 is 6.29. The first kappa shape index (κ1) is 19.2. The SMILES string of the molecule is CCN1CCN(C[C@H]2CN(C3=CCN(C#N)c4ncccc43)C[C@@H](C)O2)CC1. The van der Waals surface area contributed by atoms with Gasteiger partial charge in [0.25, 0.3) is 0 Å². The third-order valence-electron chi connectivity index (χ3n) is 5.95. The molecule has 2 atom stereocenters. The number of nitrogens with zero attached hydrogens (tertiary/aromatic N) is 6. The van der Waals surface area contributed by atoms with Gasteiger partial charge < -0.3 is 14.5 Å². The number of ether oxygens (including phenoxy) is 1. The van der Waals surface area contributed by atoms with E-state index in [4.69, 9.17) is 4.74 Å². The lowest BCUT2D eigenvalue weighted by Gasteiger charge is -2.43. The van der Waals surface area contributed by atoms with Crippen LogP contribution in [0.1, 0.15) is 19.4 Å². The Labute approximate surface area is 167 Å². The maximum atomic E-state index is 9.40. The van der Waals surface area contributed by atoms with Crippen LogP contribution < -0.4 is 4.90 Å². The molecular formula is C21H30N6O. The lowest BCUT2D eigenvalue weighted by Crippen LogP contribution is -2.53. The van der Waals surface area contributed by atoms with Gasteiger partial charge in [-0.1, -0.05) is 6.92 Å². The zero-order valence-electron chi connectivity index (χ0n) is 16.9. The molecule has 1 aromatic heterocycles. The summed E-state index contributed by atoms with van der Waals surface area (Å²) in [5, 5.41) is 9.40. The molecule has 7 heteroatoms. The molecule has 0 N–H and O–H groups in total. The summed E-state index contributed by atoms with van der Waals surface area (Å²) in [7, 11) is 0. The van der Waals surface area contributed by atoms with Gasteiger partial charge in [-0.05, 0) is 31.7 Å². The molecule has 3 aliphatic heterocycles. The largest absolute Gasteiger partial charge is 0.370 e. The average Bonchev–Trinajstić information content (AvgIpc) is 2.73. The van der Waals surface area contributed by atoms with Crippen molar-refractivity contribution in [1.82, 2.24) is 19.7 Å². The number of morpholine rings is 1. The Hall–Kier alpha value is -2.14. The first-order valence-corrected chi connectivity index (χ1v) is 10.4. The fourth-order valence-corrected chi connectivity index (χ4v) is 4.49. The van der Waals surface area contributed by atoms with Gasteiger partial charge in [0.1, 0.15) is 0 Å². The summed E-state index contributed by atoms with van der Waals surface area (Å²) >= 11 is 0.